The Balaban J connectivity index is 1.66. The van der Waals surface area contributed by atoms with Gasteiger partial charge in [-0.25, -0.2) is 8.42 Å². The highest BCUT2D eigenvalue weighted by atomic mass is 32.2. The summed E-state index contributed by atoms with van der Waals surface area (Å²) in [7, 11) is -3.58. The second-order valence-electron chi connectivity index (χ2n) is 10.0. The number of aromatic hydroxyl groups is 1. The number of amides is 1. The molecule has 6 nitrogen and oxygen atoms in total. The van der Waals surface area contributed by atoms with Gasteiger partial charge in [0.1, 0.15) is 5.75 Å². The SMILES string of the molecule is CC1Cc2cc(-c3ccc(C(C)(C)C)cc3)ccc2C(=O)N1c1ccc(O)c(NS(C)(=O)=O)c1. The summed E-state index contributed by atoms with van der Waals surface area (Å²) in [6, 6.07) is 18.8. The van der Waals surface area contributed by atoms with Crippen molar-refractivity contribution in [3.05, 3.63) is 77.4 Å². The van der Waals surface area contributed by atoms with E-state index in [2.05, 4.69) is 55.8 Å². The number of phenolic OH excluding ortho intramolecular Hbond substituents is 1. The third-order valence-corrected chi connectivity index (χ3v) is 6.74. The van der Waals surface area contributed by atoms with Crippen LogP contribution >= 0.6 is 0 Å². The Kier molecular flexibility index (Phi) is 5.94. The molecule has 2 N–H and O–H groups in total. The highest BCUT2D eigenvalue weighted by molar-refractivity contribution is 7.92. The van der Waals surface area contributed by atoms with Gasteiger partial charge in [0.05, 0.1) is 11.9 Å². The molecule has 0 radical (unpaired) electrons. The van der Waals surface area contributed by atoms with E-state index in [4.69, 9.17) is 0 Å². The topological polar surface area (TPSA) is 86.7 Å². The number of nitrogens with one attached hydrogen (secondary N) is 1. The molecule has 1 aliphatic heterocycles. The molecule has 7 heteroatoms. The Morgan fingerprint density at radius 2 is 1.62 bits per heavy atom. The normalized spacial score (nSPS) is 16.3. The maximum Gasteiger partial charge on any atom is 0.258 e. The van der Waals surface area contributed by atoms with Gasteiger partial charge < -0.3 is 10.0 Å². The van der Waals surface area contributed by atoms with E-state index >= 15 is 0 Å². The van der Waals surface area contributed by atoms with Gasteiger partial charge in [0.15, 0.2) is 0 Å². The molecule has 1 amide bonds. The van der Waals surface area contributed by atoms with E-state index in [0.717, 1.165) is 22.9 Å². The van der Waals surface area contributed by atoms with Crippen LogP contribution in [0.25, 0.3) is 11.1 Å². The number of carbonyl (C=O) groups is 1. The van der Waals surface area contributed by atoms with E-state index in [1.165, 1.54) is 17.7 Å². The molecule has 0 bridgehead atoms. The van der Waals surface area contributed by atoms with Crippen LogP contribution in [-0.2, 0) is 21.9 Å². The van der Waals surface area contributed by atoms with E-state index in [1.807, 2.05) is 19.1 Å². The standard InChI is InChI=1S/C27H30N2O4S/c1-17-14-20-15-19(18-6-9-21(10-7-18)27(2,3)4)8-12-23(20)26(31)29(17)22-11-13-25(30)24(16-22)28-34(5,32)33/h6-13,15-17,28,30H,14H2,1-5H3. The summed E-state index contributed by atoms with van der Waals surface area (Å²) in [5.41, 5.74) is 5.70. The van der Waals surface area contributed by atoms with Gasteiger partial charge in [0.25, 0.3) is 5.91 Å². The third kappa shape index (κ3) is 4.80. The maximum absolute atomic E-state index is 13.4. The number of phenols is 1. The lowest BCUT2D eigenvalue weighted by atomic mass is 9.85. The zero-order chi connectivity index (χ0) is 24.8. The van der Waals surface area contributed by atoms with Crippen molar-refractivity contribution in [3.63, 3.8) is 0 Å². The Morgan fingerprint density at radius 3 is 2.24 bits per heavy atom. The summed E-state index contributed by atoms with van der Waals surface area (Å²) in [5, 5.41) is 10.1. The van der Waals surface area contributed by atoms with Crippen molar-refractivity contribution < 1.29 is 18.3 Å². The Labute approximate surface area is 201 Å². The van der Waals surface area contributed by atoms with E-state index in [1.54, 1.807) is 11.0 Å². The van der Waals surface area contributed by atoms with Gasteiger partial charge in [-0.15, -0.1) is 0 Å². The number of anilines is 2. The molecular formula is C27H30N2O4S. The lowest BCUT2D eigenvalue weighted by molar-refractivity contribution is 0.0970. The second-order valence-corrected chi connectivity index (χ2v) is 11.8. The van der Waals surface area contributed by atoms with Crippen LogP contribution in [-0.4, -0.2) is 31.7 Å². The molecule has 0 saturated heterocycles. The molecule has 0 saturated carbocycles. The molecule has 4 rings (SSSR count). The van der Waals surface area contributed by atoms with Crippen LogP contribution in [0.5, 0.6) is 5.75 Å². The Bertz CT molecular complexity index is 1360. The monoisotopic (exact) mass is 478 g/mol. The third-order valence-electron chi connectivity index (χ3n) is 6.15. The fraction of sp³-hybridized carbons (Fsp3) is 0.296. The fourth-order valence-corrected chi connectivity index (χ4v) is 4.94. The molecule has 0 fully saturated rings. The Hall–Kier alpha value is -3.32. The summed E-state index contributed by atoms with van der Waals surface area (Å²) < 4.78 is 25.6. The molecule has 1 unspecified atom stereocenters. The zero-order valence-electron chi connectivity index (χ0n) is 20.1. The number of fused-ring (bicyclic) bond motifs is 1. The first-order chi connectivity index (χ1) is 15.8. The lowest BCUT2D eigenvalue weighted by Crippen LogP contribution is -2.44. The number of sulfonamides is 1. The minimum atomic E-state index is -3.58. The highest BCUT2D eigenvalue weighted by Crippen LogP contribution is 2.35. The maximum atomic E-state index is 13.4. The van der Waals surface area contributed by atoms with Crippen molar-refractivity contribution in [1.29, 1.82) is 0 Å². The van der Waals surface area contributed by atoms with Gasteiger partial charge in [0, 0.05) is 17.3 Å². The van der Waals surface area contributed by atoms with Gasteiger partial charge in [-0.3, -0.25) is 9.52 Å². The fourth-order valence-electron chi connectivity index (χ4n) is 4.38. The van der Waals surface area contributed by atoms with Gasteiger partial charge in [0.2, 0.25) is 10.0 Å². The van der Waals surface area contributed by atoms with Crippen molar-refractivity contribution in [3.8, 4) is 16.9 Å². The average Bonchev–Trinajstić information content (AvgIpc) is 2.74. The highest BCUT2D eigenvalue weighted by Gasteiger charge is 2.31. The number of hydrogen-bond donors (Lipinski definition) is 2. The van der Waals surface area contributed by atoms with E-state index in [-0.39, 0.29) is 28.8 Å². The van der Waals surface area contributed by atoms with Gasteiger partial charge in [-0.1, -0.05) is 57.2 Å². The quantitative estimate of drug-likeness (QED) is 0.497. The average molecular weight is 479 g/mol. The van der Waals surface area contributed by atoms with Crippen molar-refractivity contribution in [2.75, 3.05) is 15.9 Å². The van der Waals surface area contributed by atoms with E-state index in [0.29, 0.717) is 17.7 Å². The van der Waals surface area contributed by atoms with E-state index in [9.17, 15) is 18.3 Å². The molecule has 1 heterocycles. The molecule has 0 spiro atoms. The number of nitrogens with zero attached hydrogens (tertiary/aromatic N) is 1. The minimum absolute atomic E-state index is 0.0415. The van der Waals surface area contributed by atoms with Crippen LogP contribution < -0.4 is 9.62 Å². The van der Waals surface area contributed by atoms with Crippen LogP contribution in [0, 0.1) is 0 Å². The molecule has 178 valence electrons. The van der Waals surface area contributed by atoms with Crippen LogP contribution in [0.2, 0.25) is 0 Å². The summed E-state index contributed by atoms with van der Waals surface area (Å²) in [6.45, 7) is 8.53. The summed E-state index contributed by atoms with van der Waals surface area (Å²) >= 11 is 0. The van der Waals surface area contributed by atoms with Gasteiger partial charge >= 0.3 is 0 Å². The molecule has 34 heavy (non-hydrogen) atoms. The predicted molar refractivity (Wildman–Crippen MR) is 137 cm³/mol. The minimum Gasteiger partial charge on any atom is -0.506 e. The van der Waals surface area contributed by atoms with Crippen LogP contribution in [0.4, 0.5) is 11.4 Å². The van der Waals surface area contributed by atoms with Crippen molar-refractivity contribution in [1.82, 2.24) is 0 Å². The first-order valence-electron chi connectivity index (χ1n) is 11.2. The van der Waals surface area contributed by atoms with Crippen molar-refractivity contribution in [2.24, 2.45) is 0 Å². The summed E-state index contributed by atoms with van der Waals surface area (Å²) in [5.74, 6) is -0.354. The Morgan fingerprint density at radius 1 is 0.971 bits per heavy atom. The largest absolute Gasteiger partial charge is 0.506 e. The first-order valence-corrected chi connectivity index (χ1v) is 13.1. The number of carbonyl (C=O) groups excluding carboxylic acids is 1. The van der Waals surface area contributed by atoms with E-state index < -0.39 is 10.0 Å². The molecular weight excluding hydrogens is 448 g/mol. The summed E-state index contributed by atoms with van der Waals surface area (Å²) in [6.07, 6.45) is 1.67. The number of rotatable bonds is 4. The number of hydrogen-bond acceptors (Lipinski definition) is 4. The molecule has 0 aromatic heterocycles. The molecule has 3 aromatic rings. The smallest absolute Gasteiger partial charge is 0.258 e. The molecule has 0 aliphatic carbocycles. The van der Waals surface area contributed by atoms with Crippen molar-refractivity contribution >= 4 is 27.3 Å². The molecule has 3 aromatic carbocycles. The van der Waals surface area contributed by atoms with Crippen LogP contribution in [0.3, 0.4) is 0 Å². The van der Waals surface area contributed by atoms with Crippen molar-refractivity contribution in [2.45, 2.75) is 45.6 Å². The van der Waals surface area contributed by atoms with Crippen LogP contribution in [0.15, 0.2) is 60.7 Å². The molecule has 1 atom stereocenters. The molecule has 1 aliphatic rings. The van der Waals surface area contributed by atoms with Crippen LogP contribution in [0.1, 0.15) is 49.2 Å². The zero-order valence-corrected chi connectivity index (χ0v) is 20.9. The van der Waals surface area contributed by atoms with Gasteiger partial charge in [-0.05, 0) is 65.3 Å². The summed E-state index contributed by atoms with van der Waals surface area (Å²) in [4.78, 5) is 15.1. The second kappa shape index (κ2) is 8.47. The number of benzene rings is 3. The lowest BCUT2D eigenvalue weighted by Gasteiger charge is -2.35. The predicted octanol–water partition coefficient (Wildman–Crippen LogP) is 5.32. The van der Waals surface area contributed by atoms with Gasteiger partial charge in [-0.2, -0.15) is 0 Å². The first kappa shape index (κ1) is 23.8.